The molecule has 3 heterocycles. The first-order chi connectivity index (χ1) is 17.5. The van der Waals surface area contributed by atoms with Crippen LogP contribution in [-0.2, 0) is 16.1 Å². The molecule has 0 aliphatic carbocycles. The van der Waals surface area contributed by atoms with Crippen LogP contribution < -0.4 is 4.90 Å². The molecule has 19 heteroatoms. The lowest BCUT2D eigenvalue weighted by molar-refractivity contribution is -0.192. The smallest absolute Gasteiger partial charge is 0.475 e. The highest BCUT2D eigenvalue weighted by Gasteiger charge is 2.38. The topological polar surface area (TPSA) is 168 Å². The maximum atomic E-state index is 13.5. The summed E-state index contributed by atoms with van der Waals surface area (Å²) in [6.07, 6.45) is -5.08. The van der Waals surface area contributed by atoms with Crippen LogP contribution in [-0.4, -0.2) is 97.1 Å². The molecular weight excluding hydrogens is 534 g/mol. The van der Waals surface area contributed by atoms with Crippen LogP contribution in [0, 0.1) is 5.82 Å². The molecule has 2 N–H and O–H groups in total. The second-order valence-electron chi connectivity index (χ2n) is 7.20. The Kier molecular flexibility index (Phi) is 8.90. The molecule has 1 aliphatic rings. The monoisotopic (exact) mass is 551 g/mol. The molecule has 0 saturated carbocycles. The van der Waals surface area contributed by atoms with Gasteiger partial charge >= 0.3 is 12.1 Å². The Morgan fingerprint density at radius 3 is 2.54 bits per heavy atom. The molecule has 14 nitrogen and oxygen atoms in total. The Morgan fingerprint density at radius 1 is 1.27 bits per heavy atom. The Balaban J connectivity index is 0.000000479. The SMILES string of the molecule is CN(C(=NO)c1nonc1-n1nnc(CN2CCOCC2)n1)c1ccc(F)c(Cl)c1.O=C(O)C(F)(F)F. The Labute approximate surface area is 209 Å². The number of alkyl halides is 3. The van der Waals surface area contributed by atoms with Crippen molar-refractivity contribution < 1.29 is 42.0 Å². The third-order valence-corrected chi connectivity index (χ3v) is 5.03. The van der Waals surface area contributed by atoms with Crippen LogP contribution in [0.4, 0.5) is 23.2 Å². The summed E-state index contributed by atoms with van der Waals surface area (Å²) in [6, 6.07) is 4.04. The van der Waals surface area contributed by atoms with Gasteiger partial charge in [0.05, 0.1) is 24.8 Å². The molecule has 1 aromatic carbocycles. The van der Waals surface area contributed by atoms with Gasteiger partial charge in [-0.15, -0.1) is 15.0 Å². The first-order valence-corrected chi connectivity index (χ1v) is 10.5. The van der Waals surface area contributed by atoms with E-state index >= 15 is 0 Å². The highest BCUT2D eigenvalue weighted by molar-refractivity contribution is 6.31. The van der Waals surface area contributed by atoms with E-state index in [1.54, 1.807) is 7.05 Å². The van der Waals surface area contributed by atoms with E-state index in [2.05, 4.69) is 35.8 Å². The number of oxime groups is 1. The number of tetrazole rings is 1. The number of rotatable bonds is 5. The summed E-state index contributed by atoms with van der Waals surface area (Å²) in [7, 11) is 1.58. The molecular formula is C18H18ClF4N9O5. The third-order valence-electron chi connectivity index (χ3n) is 4.74. The van der Waals surface area contributed by atoms with Gasteiger partial charge in [0.25, 0.3) is 5.82 Å². The molecule has 0 atom stereocenters. The summed E-state index contributed by atoms with van der Waals surface area (Å²) in [5, 5.41) is 39.8. The van der Waals surface area contributed by atoms with Gasteiger partial charge in [0.2, 0.25) is 11.5 Å². The Morgan fingerprint density at radius 2 is 1.95 bits per heavy atom. The number of halogens is 5. The van der Waals surface area contributed by atoms with Crippen molar-refractivity contribution in [3.8, 4) is 5.82 Å². The molecule has 0 amide bonds. The molecule has 0 unspecified atom stereocenters. The van der Waals surface area contributed by atoms with E-state index in [4.69, 9.17) is 30.9 Å². The lowest BCUT2D eigenvalue weighted by atomic mass is 10.2. The minimum Gasteiger partial charge on any atom is -0.475 e. The predicted molar refractivity (Wildman–Crippen MR) is 115 cm³/mol. The van der Waals surface area contributed by atoms with E-state index in [-0.39, 0.29) is 22.4 Å². The van der Waals surface area contributed by atoms with Crippen molar-refractivity contribution >= 4 is 29.1 Å². The first kappa shape index (κ1) is 27.7. The van der Waals surface area contributed by atoms with Gasteiger partial charge in [-0.25, -0.2) is 13.8 Å². The normalized spacial score (nSPS) is 14.7. The fourth-order valence-electron chi connectivity index (χ4n) is 2.90. The lowest BCUT2D eigenvalue weighted by Gasteiger charge is -2.24. The van der Waals surface area contributed by atoms with Crippen molar-refractivity contribution in [1.29, 1.82) is 0 Å². The lowest BCUT2D eigenvalue weighted by Crippen LogP contribution is -2.36. The summed E-state index contributed by atoms with van der Waals surface area (Å²) >= 11 is 5.85. The summed E-state index contributed by atoms with van der Waals surface area (Å²) in [4.78, 5) is 13.6. The number of carbonyl (C=O) groups is 1. The zero-order chi connectivity index (χ0) is 27.2. The van der Waals surface area contributed by atoms with Crippen LogP contribution in [0.3, 0.4) is 0 Å². The van der Waals surface area contributed by atoms with Gasteiger partial charge in [-0.3, -0.25) is 4.90 Å². The van der Waals surface area contributed by atoms with Crippen LogP contribution in [0.15, 0.2) is 28.0 Å². The van der Waals surface area contributed by atoms with E-state index in [1.807, 2.05) is 0 Å². The maximum absolute atomic E-state index is 13.5. The second kappa shape index (κ2) is 11.9. The van der Waals surface area contributed by atoms with Gasteiger partial charge in [-0.05, 0) is 33.7 Å². The number of nitrogens with zero attached hydrogens (tertiary/aromatic N) is 9. The number of amidine groups is 1. The Bertz CT molecular complexity index is 1250. The zero-order valence-electron chi connectivity index (χ0n) is 18.8. The number of aliphatic carboxylic acids is 1. The molecule has 200 valence electrons. The van der Waals surface area contributed by atoms with Crippen molar-refractivity contribution in [2.24, 2.45) is 5.16 Å². The van der Waals surface area contributed by atoms with Crippen LogP contribution in [0.2, 0.25) is 5.02 Å². The number of benzene rings is 1. The minimum absolute atomic E-state index is 0.0408. The van der Waals surface area contributed by atoms with Gasteiger partial charge in [0.1, 0.15) is 5.82 Å². The number of carboxylic acid groups (broad SMARTS) is 1. The van der Waals surface area contributed by atoms with Crippen LogP contribution in [0.25, 0.3) is 5.82 Å². The summed E-state index contributed by atoms with van der Waals surface area (Å²) in [5.74, 6) is -2.82. The average molecular weight is 552 g/mol. The van der Waals surface area contributed by atoms with E-state index in [1.165, 1.54) is 23.1 Å². The van der Waals surface area contributed by atoms with Crippen molar-refractivity contribution in [3.63, 3.8) is 0 Å². The summed E-state index contributed by atoms with van der Waals surface area (Å²) in [5.41, 5.74) is 0.499. The molecule has 0 bridgehead atoms. The van der Waals surface area contributed by atoms with Crippen LogP contribution in [0.1, 0.15) is 11.5 Å². The van der Waals surface area contributed by atoms with E-state index in [9.17, 15) is 22.8 Å². The molecule has 4 rings (SSSR count). The van der Waals surface area contributed by atoms with Gasteiger partial charge < -0.3 is 20.0 Å². The number of ether oxygens (including phenoxy) is 1. The number of morpholine rings is 1. The largest absolute Gasteiger partial charge is 0.490 e. The minimum atomic E-state index is -5.08. The highest BCUT2D eigenvalue weighted by atomic mass is 35.5. The summed E-state index contributed by atoms with van der Waals surface area (Å²) in [6.45, 7) is 3.36. The molecule has 3 aromatic rings. The molecule has 1 fully saturated rings. The van der Waals surface area contributed by atoms with E-state index in [0.29, 0.717) is 31.3 Å². The number of hydrogen-bond acceptors (Lipinski definition) is 11. The highest BCUT2D eigenvalue weighted by Crippen LogP contribution is 2.24. The number of anilines is 1. The van der Waals surface area contributed by atoms with Crippen LogP contribution >= 0.6 is 11.6 Å². The van der Waals surface area contributed by atoms with Gasteiger partial charge in [-0.1, -0.05) is 16.8 Å². The standard InChI is InChI=1S/C16H17ClFN9O3.C2HF3O2/c1-25(10-2-3-12(18)11(17)8-10)15(21-28)14-16(23-30-22-14)27-20-13(19-24-27)9-26-4-6-29-7-5-26;3-2(4,5)1(6)7/h2-3,8,28H,4-7,9H2,1H3;(H,6,7). The van der Waals surface area contributed by atoms with E-state index < -0.39 is 18.0 Å². The molecule has 1 saturated heterocycles. The van der Waals surface area contributed by atoms with Crippen molar-refractivity contribution in [3.05, 3.63) is 40.6 Å². The number of carboxylic acids is 1. The first-order valence-electron chi connectivity index (χ1n) is 10.1. The quantitative estimate of drug-likeness (QED) is 0.155. The second-order valence-corrected chi connectivity index (χ2v) is 7.61. The molecule has 1 aliphatic heterocycles. The predicted octanol–water partition coefficient (Wildman–Crippen LogP) is 1.58. The number of aromatic nitrogens is 6. The van der Waals surface area contributed by atoms with Crippen molar-refractivity contribution in [1.82, 2.24) is 35.4 Å². The van der Waals surface area contributed by atoms with Gasteiger partial charge in [0, 0.05) is 25.8 Å². The fraction of sp³-hybridized carbons (Fsp3) is 0.389. The molecule has 2 aromatic heterocycles. The summed E-state index contributed by atoms with van der Waals surface area (Å²) < 4.78 is 55.3. The third kappa shape index (κ3) is 7.08. The fourth-order valence-corrected chi connectivity index (χ4v) is 3.08. The number of hydrogen-bond donors (Lipinski definition) is 2. The zero-order valence-corrected chi connectivity index (χ0v) is 19.6. The Hall–Kier alpha value is -3.90. The molecule has 37 heavy (non-hydrogen) atoms. The maximum Gasteiger partial charge on any atom is 0.490 e. The van der Waals surface area contributed by atoms with Crippen molar-refractivity contribution in [2.45, 2.75) is 12.7 Å². The average Bonchev–Trinajstić information content (AvgIpc) is 3.51. The van der Waals surface area contributed by atoms with Crippen LogP contribution in [0.5, 0.6) is 0 Å². The molecule has 0 radical (unpaired) electrons. The van der Waals surface area contributed by atoms with E-state index in [0.717, 1.165) is 17.9 Å². The molecule has 0 spiro atoms. The van der Waals surface area contributed by atoms with Gasteiger partial charge in [-0.2, -0.15) is 13.2 Å². The van der Waals surface area contributed by atoms with Crippen molar-refractivity contribution in [2.75, 3.05) is 38.3 Å². The van der Waals surface area contributed by atoms with Gasteiger partial charge in [0.15, 0.2) is 5.82 Å².